The zero-order chi connectivity index (χ0) is 18.4. The maximum Gasteiger partial charge on any atom is 0.471 e. The number of carbonyl (C=O) groups excluding carboxylic acids is 2. The van der Waals surface area contributed by atoms with Crippen LogP contribution in [0.25, 0.3) is 0 Å². The van der Waals surface area contributed by atoms with Crippen LogP contribution in [0.3, 0.4) is 0 Å². The van der Waals surface area contributed by atoms with Gasteiger partial charge in [-0.25, -0.2) is 4.79 Å². The monoisotopic (exact) mass is 340 g/mol. The Hall–Kier alpha value is -1.80. The lowest BCUT2D eigenvalue weighted by Crippen LogP contribution is -2.55. The van der Waals surface area contributed by atoms with Crippen LogP contribution in [0, 0.1) is 11.8 Å². The van der Waals surface area contributed by atoms with E-state index in [4.69, 9.17) is 5.11 Å². The molecule has 0 aliphatic heterocycles. The van der Waals surface area contributed by atoms with Gasteiger partial charge in [0.1, 0.15) is 12.1 Å². The highest BCUT2D eigenvalue weighted by Crippen LogP contribution is 2.16. The van der Waals surface area contributed by atoms with Gasteiger partial charge in [-0.2, -0.15) is 13.2 Å². The van der Waals surface area contributed by atoms with Crippen molar-refractivity contribution in [1.29, 1.82) is 0 Å². The number of carboxylic acid groups (broad SMARTS) is 1. The Bertz CT molecular complexity index is 438. The number of amides is 2. The highest BCUT2D eigenvalue weighted by Gasteiger charge is 2.41. The summed E-state index contributed by atoms with van der Waals surface area (Å²) < 4.78 is 37.0. The van der Waals surface area contributed by atoms with Gasteiger partial charge in [-0.3, -0.25) is 9.59 Å². The zero-order valence-electron chi connectivity index (χ0n) is 13.5. The Kier molecular flexibility index (Phi) is 8.05. The summed E-state index contributed by atoms with van der Waals surface area (Å²) in [6.45, 7) is 6.67. The molecule has 0 spiro atoms. The van der Waals surface area contributed by atoms with Crippen LogP contribution in [0.2, 0.25) is 0 Å². The summed E-state index contributed by atoms with van der Waals surface area (Å²) >= 11 is 0. The number of nitrogens with one attached hydrogen (secondary N) is 2. The fourth-order valence-electron chi connectivity index (χ4n) is 1.88. The quantitative estimate of drug-likeness (QED) is 0.627. The Labute approximate surface area is 132 Å². The standard InChI is InChI=1S/C14H23F3N2O4/c1-5-8(4)10(12(21)22)19-11(20)9(6-7(2)3)18-13(23)14(15,16)17/h7-10H,5-6H2,1-4H3,(H,18,23)(H,19,20)(H,21,22)/t8-,9-,10-/m0/s1. The largest absolute Gasteiger partial charge is 0.480 e. The first-order valence-corrected chi connectivity index (χ1v) is 7.30. The molecule has 23 heavy (non-hydrogen) atoms. The highest BCUT2D eigenvalue weighted by molar-refractivity contribution is 5.91. The highest BCUT2D eigenvalue weighted by atomic mass is 19.4. The van der Waals surface area contributed by atoms with Gasteiger partial charge in [0, 0.05) is 0 Å². The van der Waals surface area contributed by atoms with Crippen molar-refractivity contribution in [2.24, 2.45) is 11.8 Å². The molecule has 0 unspecified atom stereocenters. The number of rotatable bonds is 8. The molecule has 3 atom stereocenters. The van der Waals surface area contributed by atoms with Crippen LogP contribution < -0.4 is 10.6 Å². The summed E-state index contributed by atoms with van der Waals surface area (Å²) in [5.74, 6) is -5.03. The van der Waals surface area contributed by atoms with Crippen LogP contribution in [0.5, 0.6) is 0 Å². The molecule has 0 aromatic carbocycles. The lowest BCUT2D eigenvalue weighted by atomic mass is 9.97. The summed E-state index contributed by atoms with van der Waals surface area (Å²) in [7, 11) is 0. The molecular weight excluding hydrogens is 317 g/mol. The van der Waals surface area contributed by atoms with Crippen LogP contribution >= 0.6 is 0 Å². The molecule has 0 bridgehead atoms. The second-order valence-electron chi connectivity index (χ2n) is 5.86. The van der Waals surface area contributed by atoms with E-state index in [1.54, 1.807) is 33.0 Å². The maximum atomic E-state index is 12.3. The summed E-state index contributed by atoms with van der Waals surface area (Å²) in [6.07, 6.45) is -4.69. The Morgan fingerprint density at radius 2 is 1.61 bits per heavy atom. The molecule has 0 aliphatic carbocycles. The summed E-state index contributed by atoms with van der Waals surface area (Å²) in [5, 5.41) is 12.9. The van der Waals surface area contributed by atoms with E-state index in [-0.39, 0.29) is 12.3 Å². The Balaban J connectivity index is 5.13. The van der Waals surface area contributed by atoms with Crippen molar-refractivity contribution in [3.05, 3.63) is 0 Å². The molecule has 0 fully saturated rings. The summed E-state index contributed by atoms with van der Waals surface area (Å²) in [4.78, 5) is 34.3. The molecule has 0 aliphatic rings. The minimum absolute atomic E-state index is 0.0412. The SMILES string of the molecule is CC[C@H](C)[C@H](NC(=O)[C@H](CC(C)C)NC(=O)C(F)(F)F)C(=O)O. The molecule has 3 N–H and O–H groups in total. The average Bonchev–Trinajstić information content (AvgIpc) is 2.40. The summed E-state index contributed by atoms with van der Waals surface area (Å²) in [5.41, 5.74) is 0. The topological polar surface area (TPSA) is 95.5 Å². The first-order chi connectivity index (χ1) is 10.4. The van der Waals surface area contributed by atoms with E-state index < -0.39 is 42.0 Å². The maximum absolute atomic E-state index is 12.3. The van der Waals surface area contributed by atoms with Gasteiger partial charge in [0.05, 0.1) is 0 Å². The lowest BCUT2D eigenvalue weighted by Gasteiger charge is -2.25. The molecule has 0 aromatic heterocycles. The first kappa shape index (κ1) is 21.2. The van der Waals surface area contributed by atoms with Crippen LogP contribution in [-0.4, -0.2) is 41.2 Å². The number of aliphatic carboxylic acids is 1. The van der Waals surface area contributed by atoms with Crippen LogP contribution in [0.1, 0.15) is 40.5 Å². The second kappa shape index (κ2) is 8.73. The third-order valence-electron chi connectivity index (χ3n) is 3.36. The zero-order valence-corrected chi connectivity index (χ0v) is 13.5. The van der Waals surface area contributed by atoms with Gasteiger partial charge in [-0.05, 0) is 18.3 Å². The minimum Gasteiger partial charge on any atom is -0.480 e. The first-order valence-electron chi connectivity index (χ1n) is 7.30. The molecule has 134 valence electrons. The fraction of sp³-hybridized carbons (Fsp3) is 0.786. The molecule has 0 heterocycles. The number of hydrogen-bond donors (Lipinski definition) is 3. The Morgan fingerprint density at radius 1 is 1.09 bits per heavy atom. The minimum atomic E-state index is -5.11. The third-order valence-corrected chi connectivity index (χ3v) is 3.36. The number of carboxylic acids is 1. The van der Waals surface area contributed by atoms with Crippen molar-refractivity contribution in [3.8, 4) is 0 Å². The van der Waals surface area contributed by atoms with Crippen molar-refractivity contribution >= 4 is 17.8 Å². The number of carbonyl (C=O) groups is 3. The molecule has 0 saturated heterocycles. The number of halogens is 3. The van der Waals surface area contributed by atoms with Crippen LogP contribution in [0.15, 0.2) is 0 Å². The van der Waals surface area contributed by atoms with Crippen molar-refractivity contribution in [2.75, 3.05) is 0 Å². The molecule has 6 nitrogen and oxygen atoms in total. The summed E-state index contributed by atoms with van der Waals surface area (Å²) in [6, 6.07) is -2.68. The second-order valence-corrected chi connectivity index (χ2v) is 5.86. The normalized spacial score (nSPS) is 15.7. The van der Waals surface area contributed by atoms with Crippen LogP contribution in [-0.2, 0) is 14.4 Å². The van der Waals surface area contributed by atoms with Gasteiger partial charge in [0.25, 0.3) is 0 Å². The van der Waals surface area contributed by atoms with E-state index in [2.05, 4.69) is 5.32 Å². The van der Waals surface area contributed by atoms with Gasteiger partial charge in [-0.1, -0.05) is 34.1 Å². The van der Waals surface area contributed by atoms with Gasteiger partial charge >= 0.3 is 18.1 Å². The predicted octanol–water partition coefficient (Wildman–Crippen LogP) is 1.70. The van der Waals surface area contributed by atoms with Crippen molar-refractivity contribution in [1.82, 2.24) is 10.6 Å². The molecule has 0 aromatic rings. The van der Waals surface area contributed by atoms with E-state index in [9.17, 15) is 27.6 Å². The van der Waals surface area contributed by atoms with E-state index in [0.29, 0.717) is 6.42 Å². The van der Waals surface area contributed by atoms with Gasteiger partial charge < -0.3 is 15.7 Å². The molecule has 0 saturated carbocycles. The van der Waals surface area contributed by atoms with Crippen LogP contribution in [0.4, 0.5) is 13.2 Å². The molecule has 2 amide bonds. The van der Waals surface area contributed by atoms with E-state index in [0.717, 1.165) is 0 Å². The predicted molar refractivity (Wildman–Crippen MR) is 76.5 cm³/mol. The fourth-order valence-corrected chi connectivity index (χ4v) is 1.88. The molecule has 0 radical (unpaired) electrons. The average molecular weight is 340 g/mol. The van der Waals surface area contributed by atoms with Crippen molar-refractivity contribution in [3.63, 3.8) is 0 Å². The van der Waals surface area contributed by atoms with Crippen molar-refractivity contribution in [2.45, 2.75) is 58.8 Å². The molecule has 0 rings (SSSR count). The van der Waals surface area contributed by atoms with E-state index >= 15 is 0 Å². The molecular formula is C14H23F3N2O4. The van der Waals surface area contributed by atoms with Crippen molar-refractivity contribution < 1.29 is 32.7 Å². The number of hydrogen-bond acceptors (Lipinski definition) is 3. The van der Waals surface area contributed by atoms with Gasteiger partial charge in [0.2, 0.25) is 5.91 Å². The lowest BCUT2D eigenvalue weighted by molar-refractivity contribution is -0.175. The van der Waals surface area contributed by atoms with Gasteiger partial charge in [-0.15, -0.1) is 0 Å². The Morgan fingerprint density at radius 3 is 1.96 bits per heavy atom. The van der Waals surface area contributed by atoms with Gasteiger partial charge in [0.15, 0.2) is 0 Å². The smallest absolute Gasteiger partial charge is 0.471 e. The number of alkyl halides is 3. The van der Waals surface area contributed by atoms with E-state index in [1.165, 1.54) is 0 Å². The van der Waals surface area contributed by atoms with E-state index in [1.807, 2.05) is 0 Å². The third kappa shape index (κ3) is 7.34. The molecule has 9 heteroatoms.